The number of unbranched alkanes of at least 4 members (excludes halogenated alkanes) is 32. The Morgan fingerprint density at radius 3 is 1.26 bits per heavy atom. The first-order chi connectivity index (χ1) is 32.5. The Hall–Kier alpha value is -2.44. The highest BCUT2D eigenvalue weighted by Crippen LogP contribution is 2.18. The summed E-state index contributed by atoms with van der Waals surface area (Å²) >= 11 is 0. The third-order valence-corrected chi connectivity index (χ3v) is 12.9. The van der Waals surface area contributed by atoms with E-state index >= 15 is 0 Å². The second kappa shape index (κ2) is 53.5. The molecule has 0 heterocycles. The minimum atomic E-state index is -0.797. The quantitative estimate of drug-likeness (QED) is 0.0244. The summed E-state index contributed by atoms with van der Waals surface area (Å²) in [6.45, 7) is 6.46. The van der Waals surface area contributed by atoms with Crippen molar-refractivity contribution in [3.8, 4) is 0 Å². The molecule has 6 heteroatoms. The number of rotatable bonds is 51. The van der Waals surface area contributed by atoms with Crippen molar-refractivity contribution >= 4 is 11.9 Å². The van der Waals surface area contributed by atoms with Crippen LogP contribution in [0.3, 0.4) is 0 Å². The first-order valence-electron chi connectivity index (χ1n) is 28.6. The molecule has 0 aliphatic rings. The van der Waals surface area contributed by atoms with Gasteiger partial charge in [0.05, 0.1) is 25.2 Å². The summed E-state index contributed by atoms with van der Waals surface area (Å²) in [6, 6.07) is -0.713. The number of aliphatic hydroxyl groups is 2. The van der Waals surface area contributed by atoms with Crippen molar-refractivity contribution in [2.24, 2.45) is 0 Å². The number of esters is 1. The molecule has 0 radical (unpaired) electrons. The lowest BCUT2D eigenvalue weighted by atomic mass is 10.0. The first-order valence-corrected chi connectivity index (χ1v) is 28.6. The van der Waals surface area contributed by atoms with Gasteiger partial charge in [-0.25, -0.2) is 0 Å². The molecule has 0 aromatic heterocycles. The number of ether oxygens (including phenoxy) is 1. The lowest BCUT2D eigenvalue weighted by Gasteiger charge is -2.24. The van der Waals surface area contributed by atoms with E-state index in [9.17, 15) is 19.8 Å². The molecule has 0 fully saturated rings. The second-order valence-corrected chi connectivity index (χ2v) is 19.4. The summed E-state index contributed by atoms with van der Waals surface area (Å²) in [5.74, 6) is -0.508. The summed E-state index contributed by atoms with van der Waals surface area (Å²) in [5, 5.41) is 23.8. The summed E-state index contributed by atoms with van der Waals surface area (Å²) < 4.78 is 5.94. The monoisotopic (exact) mass is 924 g/mol. The number of aliphatic hydroxyl groups excluding tert-OH is 2. The van der Waals surface area contributed by atoms with Gasteiger partial charge in [0.25, 0.3) is 0 Å². The highest BCUT2D eigenvalue weighted by Gasteiger charge is 2.24. The van der Waals surface area contributed by atoms with Crippen molar-refractivity contribution < 1.29 is 24.5 Å². The smallest absolute Gasteiger partial charge is 0.306 e. The van der Waals surface area contributed by atoms with E-state index in [1.54, 1.807) is 0 Å². The number of hydrogen-bond donors (Lipinski definition) is 3. The third kappa shape index (κ3) is 48.0. The summed E-state index contributed by atoms with van der Waals surface area (Å²) in [7, 11) is 0. The lowest BCUT2D eigenvalue weighted by Crippen LogP contribution is -2.46. The van der Waals surface area contributed by atoms with Crippen LogP contribution in [0.1, 0.15) is 284 Å². The fraction of sp³-hybridized carbons (Fsp3) is 0.800. The molecule has 66 heavy (non-hydrogen) atoms. The van der Waals surface area contributed by atoms with Crippen LogP contribution in [0.5, 0.6) is 0 Å². The van der Waals surface area contributed by atoms with E-state index in [-0.39, 0.29) is 24.9 Å². The van der Waals surface area contributed by atoms with Gasteiger partial charge in [-0.1, -0.05) is 255 Å². The van der Waals surface area contributed by atoms with Gasteiger partial charge >= 0.3 is 5.97 Å². The molecule has 0 saturated heterocycles. The van der Waals surface area contributed by atoms with Crippen LogP contribution < -0.4 is 5.32 Å². The molecule has 0 saturated carbocycles. The maximum atomic E-state index is 13.3. The Labute approximate surface area is 409 Å². The van der Waals surface area contributed by atoms with Gasteiger partial charge in [-0.05, 0) is 77.0 Å². The van der Waals surface area contributed by atoms with E-state index in [2.05, 4.69) is 86.8 Å². The van der Waals surface area contributed by atoms with Crippen LogP contribution in [-0.4, -0.2) is 46.9 Å². The first kappa shape index (κ1) is 63.6. The fourth-order valence-corrected chi connectivity index (χ4v) is 8.56. The molecule has 0 bridgehead atoms. The summed E-state index contributed by atoms with van der Waals surface area (Å²) in [4.78, 5) is 26.3. The number of amides is 1. The Bertz CT molecular complexity index is 1170. The van der Waals surface area contributed by atoms with Gasteiger partial charge < -0.3 is 20.3 Å². The molecule has 0 aliphatic carbocycles. The van der Waals surface area contributed by atoms with E-state index in [0.717, 1.165) is 96.3 Å². The highest BCUT2D eigenvalue weighted by atomic mass is 16.5. The van der Waals surface area contributed by atoms with Crippen molar-refractivity contribution in [2.75, 3.05) is 6.61 Å². The largest absolute Gasteiger partial charge is 0.462 e. The SMILES string of the molecule is CCCCC/C=C/C=C/C=C/C=C/CCCCCCCC(=O)OC(CCCCC/C=C/CCCCCCCCCCC)CC(=O)NC(CO)C(O)CCCCCCCCCCCCCCC. The van der Waals surface area contributed by atoms with E-state index < -0.39 is 18.2 Å². The lowest BCUT2D eigenvalue weighted by molar-refractivity contribution is -0.151. The van der Waals surface area contributed by atoms with Gasteiger partial charge in [0.2, 0.25) is 5.91 Å². The topological polar surface area (TPSA) is 95.9 Å². The molecule has 0 spiro atoms. The Morgan fingerprint density at radius 1 is 0.439 bits per heavy atom. The molecule has 0 aliphatic heterocycles. The number of allylic oxidation sites excluding steroid dienone is 10. The average Bonchev–Trinajstić information content (AvgIpc) is 3.31. The molecular weight excluding hydrogens is 815 g/mol. The molecule has 3 atom stereocenters. The maximum Gasteiger partial charge on any atom is 0.306 e. The fourth-order valence-electron chi connectivity index (χ4n) is 8.56. The number of carbonyl (C=O) groups excluding carboxylic acids is 2. The van der Waals surface area contributed by atoms with Crippen molar-refractivity contribution in [1.29, 1.82) is 0 Å². The molecule has 3 unspecified atom stereocenters. The van der Waals surface area contributed by atoms with Gasteiger partial charge in [-0.2, -0.15) is 0 Å². The van der Waals surface area contributed by atoms with Crippen LogP contribution >= 0.6 is 0 Å². The van der Waals surface area contributed by atoms with Crippen LogP contribution in [0, 0.1) is 0 Å². The predicted molar refractivity (Wildman–Crippen MR) is 287 cm³/mol. The van der Waals surface area contributed by atoms with Gasteiger partial charge in [0.1, 0.15) is 6.10 Å². The zero-order valence-electron chi connectivity index (χ0n) is 43.8. The van der Waals surface area contributed by atoms with Crippen LogP contribution in [-0.2, 0) is 14.3 Å². The predicted octanol–water partition coefficient (Wildman–Crippen LogP) is 17.6. The molecule has 0 rings (SSSR count). The van der Waals surface area contributed by atoms with E-state index in [1.807, 2.05) is 0 Å². The van der Waals surface area contributed by atoms with E-state index in [4.69, 9.17) is 4.74 Å². The molecule has 6 nitrogen and oxygen atoms in total. The highest BCUT2D eigenvalue weighted by molar-refractivity contribution is 5.77. The standard InChI is InChI=1S/C60H109NO5/c1-4-7-10-13-16-19-22-25-27-29-30-32-35-38-41-44-47-50-53-60(65)66-56(51-48-45-42-39-36-34-31-28-26-23-20-17-14-11-8-5-2)54-59(64)61-57(55-62)58(63)52-49-46-43-40-37-33-24-21-18-15-12-9-6-3/h16,19,22,25,27,29-30,32,34,36,56-58,62-63H,4-15,17-18,20-21,23-24,26,28,31,33,35,37-55H2,1-3H3,(H,61,64)/b19-16+,25-22+,29-27+,32-30+,36-34+. The van der Waals surface area contributed by atoms with Crippen LogP contribution in [0.2, 0.25) is 0 Å². The Morgan fingerprint density at radius 2 is 0.788 bits per heavy atom. The average molecular weight is 925 g/mol. The van der Waals surface area contributed by atoms with Gasteiger partial charge in [0, 0.05) is 6.42 Å². The normalized spacial score (nSPS) is 13.6. The maximum absolute atomic E-state index is 13.3. The number of hydrogen-bond acceptors (Lipinski definition) is 5. The van der Waals surface area contributed by atoms with Gasteiger partial charge in [-0.15, -0.1) is 0 Å². The molecule has 3 N–H and O–H groups in total. The minimum absolute atomic E-state index is 0.0571. The summed E-state index contributed by atoms with van der Waals surface area (Å²) in [5.41, 5.74) is 0. The second-order valence-electron chi connectivity index (χ2n) is 19.4. The molecular formula is C60H109NO5. The van der Waals surface area contributed by atoms with Crippen LogP contribution in [0.15, 0.2) is 60.8 Å². The van der Waals surface area contributed by atoms with Crippen molar-refractivity contribution in [1.82, 2.24) is 5.32 Å². The molecule has 0 aromatic rings. The molecule has 0 aromatic carbocycles. The third-order valence-electron chi connectivity index (χ3n) is 12.9. The van der Waals surface area contributed by atoms with E-state index in [1.165, 1.54) is 141 Å². The Kier molecular flexibility index (Phi) is 51.5. The van der Waals surface area contributed by atoms with Crippen molar-refractivity contribution in [3.63, 3.8) is 0 Å². The van der Waals surface area contributed by atoms with Crippen LogP contribution in [0.4, 0.5) is 0 Å². The number of carbonyl (C=O) groups is 2. The van der Waals surface area contributed by atoms with Crippen molar-refractivity contribution in [3.05, 3.63) is 60.8 Å². The Balaban J connectivity index is 4.64. The zero-order valence-corrected chi connectivity index (χ0v) is 43.8. The summed E-state index contributed by atoms with van der Waals surface area (Å²) in [6.07, 6.45) is 67.1. The van der Waals surface area contributed by atoms with Crippen LogP contribution in [0.25, 0.3) is 0 Å². The molecule has 384 valence electrons. The van der Waals surface area contributed by atoms with E-state index in [0.29, 0.717) is 19.3 Å². The number of nitrogens with one attached hydrogen (secondary N) is 1. The van der Waals surface area contributed by atoms with Crippen molar-refractivity contribution in [2.45, 2.75) is 302 Å². The molecule has 1 amide bonds. The minimum Gasteiger partial charge on any atom is -0.462 e. The zero-order chi connectivity index (χ0) is 48.1. The van der Waals surface area contributed by atoms with Gasteiger partial charge in [-0.3, -0.25) is 9.59 Å². The van der Waals surface area contributed by atoms with Gasteiger partial charge in [0.15, 0.2) is 0 Å².